The Morgan fingerprint density at radius 1 is 1.10 bits per heavy atom. The molecule has 1 saturated heterocycles. The van der Waals surface area contributed by atoms with Crippen LogP contribution >= 0.6 is 0 Å². The van der Waals surface area contributed by atoms with E-state index in [1.807, 2.05) is 61.2 Å². The number of sulfonamides is 1. The van der Waals surface area contributed by atoms with Crippen LogP contribution in [0.2, 0.25) is 0 Å². The molecule has 40 heavy (non-hydrogen) atoms. The summed E-state index contributed by atoms with van der Waals surface area (Å²) in [5, 5.41) is 11.1. The van der Waals surface area contributed by atoms with Crippen LogP contribution in [-0.2, 0) is 22.0 Å². The molecule has 212 valence electrons. The predicted octanol–water partition coefficient (Wildman–Crippen LogP) is 4.37. The van der Waals surface area contributed by atoms with Crippen LogP contribution < -0.4 is 9.64 Å². The lowest BCUT2D eigenvalue weighted by Gasteiger charge is -2.37. The summed E-state index contributed by atoms with van der Waals surface area (Å²) in [5.74, 6) is 0.654. The highest BCUT2D eigenvalue weighted by atomic mass is 32.2. The van der Waals surface area contributed by atoms with Crippen LogP contribution in [0.1, 0.15) is 58.3 Å². The molecule has 3 aromatic rings. The van der Waals surface area contributed by atoms with E-state index in [1.165, 1.54) is 4.31 Å². The molecule has 1 atom stereocenters. The van der Waals surface area contributed by atoms with E-state index in [0.29, 0.717) is 43.4 Å². The molecule has 1 unspecified atom stereocenters. The predicted molar refractivity (Wildman–Crippen MR) is 155 cm³/mol. The fourth-order valence-electron chi connectivity index (χ4n) is 6.16. The van der Waals surface area contributed by atoms with Gasteiger partial charge in [0.2, 0.25) is 10.0 Å². The molecule has 5 rings (SSSR count). The van der Waals surface area contributed by atoms with Crippen molar-refractivity contribution in [1.29, 1.82) is 0 Å². The number of rotatable bonds is 8. The minimum absolute atomic E-state index is 0.00773. The van der Waals surface area contributed by atoms with Gasteiger partial charge in [-0.2, -0.15) is 0 Å². The summed E-state index contributed by atoms with van der Waals surface area (Å²) in [6, 6.07) is 15.1. The van der Waals surface area contributed by atoms with E-state index in [1.54, 1.807) is 25.6 Å². The Bertz CT molecular complexity index is 1460. The van der Waals surface area contributed by atoms with Gasteiger partial charge in [0, 0.05) is 48.3 Å². The molecule has 0 bridgehead atoms. The van der Waals surface area contributed by atoms with Crippen LogP contribution in [0.25, 0.3) is 0 Å². The lowest BCUT2D eigenvalue weighted by molar-refractivity contribution is -0.00989. The number of amides is 1. The van der Waals surface area contributed by atoms with Gasteiger partial charge in [0.25, 0.3) is 5.91 Å². The van der Waals surface area contributed by atoms with Crippen molar-refractivity contribution in [2.24, 2.45) is 0 Å². The zero-order valence-electron chi connectivity index (χ0n) is 23.3. The average molecular weight is 564 g/mol. The number of benzene rings is 2. The summed E-state index contributed by atoms with van der Waals surface area (Å²) in [6.07, 6.45) is 5.67. The number of aliphatic hydroxyl groups is 1. The Morgan fingerprint density at radius 3 is 2.45 bits per heavy atom. The van der Waals surface area contributed by atoms with E-state index in [9.17, 15) is 18.3 Å². The van der Waals surface area contributed by atoms with Crippen molar-refractivity contribution < 1.29 is 23.1 Å². The van der Waals surface area contributed by atoms with Gasteiger partial charge in [-0.25, -0.2) is 12.7 Å². The Kier molecular flexibility index (Phi) is 7.99. The second-order valence-corrected chi connectivity index (χ2v) is 13.0. The van der Waals surface area contributed by atoms with E-state index < -0.39 is 15.6 Å². The molecule has 3 heterocycles. The van der Waals surface area contributed by atoms with Crippen LogP contribution in [0.15, 0.2) is 60.9 Å². The molecule has 0 spiro atoms. The SMILES string of the molecule is COc1cc(C)c(C(=O)N2c3ccccc3CC2CCCS(=O)(=O)N2CCC(O)(c3cccnc3)CC2)c(C)c1. The van der Waals surface area contributed by atoms with Crippen molar-refractivity contribution in [3.63, 3.8) is 0 Å². The monoisotopic (exact) mass is 563 g/mol. The minimum Gasteiger partial charge on any atom is -0.497 e. The number of aryl methyl sites for hydroxylation is 2. The maximum atomic E-state index is 14.0. The van der Waals surface area contributed by atoms with Gasteiger partial charge in [0.15, 0.2) is 0 Å². The second-order valence-electron chi connectivity index (χ2n) is 10.9. The third-order valence-electron chi connectivity index (χ3n) is 8.33. The molecule has 9 heteroatoms. The number of carbonyl (C=O) groups is 1. The highest BCUT2D eigenvalue weighted by molar-refractivity contribution is 7.89. The number of carbonyl (C=O) groups excluding carboxylic acids is 1. The zero-order chi connectivity index (χ0) is 28.5. The van der Waals surface area contributed by atoms with Gasteiger partial charge in [-0.05, 0) is 86.9 Å². The van der Waals surface area contributed by atoms with Gasteiger partial charge in [-0.1, -0.05) is 24.3 Å². The number of methoxy groups -OCH3 is 1. The molecular formula is C31H37N3O5S. The van der Waals surface area contributed by atoms with Crippen molar-refractivity contribution in [2.45, 2.75) is 57.6 Å². The summed E-state index contributed by atoms with van der Waals surface area (Å²) >= 11 is 0. The second kappa shape index (κ2) is 11.3. The molecule has 1 fully saturated rings. The topological polar surface area (TPSA) is 100 Å². The van der Waals surface area contributed by atoms with Crippen LogP contribution in [0.5, 0.6) is 5.75 Å². The molecule has 1 N–H and O–H groups in total. The molecule has 0 saturated carbocycles. The van der Waals surface area contributed by atoms with Crippen LogP contribution in [0.3, 0.4) is 0 Å². The summed E-state index contributed by atoms with van der Waals surface area (Å²) in [5.41, 5.74) is 4.00. The first-order chi connectivity index (χ1) is 19.1. The summed E-state index contributed by atoms with van der Waals surface area (Å²) < 4.78 is 33.4. The number of aromatic nitrogens is 1. The Hall–Kier alpha value is -3.27. The average Bonchev–Trinajstić information content (AvgIpc) is 3.31. The van der Waals surface area contributed by atoms with Gasteiger partial charge >= 0.3 is 0 Å². The van der Waals surface area contributed by atoms with Crippen molar-refractivity contribution in [3.05, 3.63) is 88.7 Å². The molecule has 2 aromatic carbocycles. The Labute approximate surface area is 236 Å². The maximum Gasteiger partial charge on any atom is 0.259 e. The first-order valence-corrected chi connectivity index (χ1v) is 15.4. The van der Waals surface area contributed by atoms with E-state index >= 15 is 0 Å². The molecule has 0 aliphatic carbocycles. The Balaban J connectivity index is 1.27. The summed E-state index contributed by atoms with van der Waals surface area (Å²) in [6.45, 7) is 4.37. The van der Waals surface area contributed by atoms with Gasteiger partial charge in [-0.3, -0.25) is 9.78 Å². The molecule has 8 nitrogen and oxygen atoms in total. The molecule has 2 aliphatic rings. The minimum atomic E-state index is -3.50. The standard InChI is InChI=1S/C31H37N3O5S/c1-22-18-27(39-3)19-23(2)29(22)30(35)34-26(20-24-8-4-5-11-28(24)34)10-7-17-40(37,38)33-15-12-31(36,13-16-33)25-9-6-14-32-21-25/h4-6,8-9,11,14,18-19,21,26,36H,7,10,12-13,15-17,20H2,1-3H3. The first-order valence-electron chi connectivity index (χ1n) is 13.8. The highest BCUT2D eigenvalue weighted by Crippen LogP contribution is 2.37. The number of piperidine rings is 1. The number of hydrogen-bond acceptors (Lipinski definition) is 6. The third-order valence-corrected chi connectivity index (χ3v) is 10.3. The number of pyridine rings is 1. The van der Waals surface area contributed by atoms with Gasteiger partial charge < -0.3 is 14.7 Å². The molecule has 0 radical (unpaired) electrons. The fourth-order valence-corrected chi connectivity index (χ4v) is 7.69. The largest absolute Gasteiger partial charge is 0.497 e. The smallest absolute Gasteiger partial charge is 0.259 e. The lowest BCUT2D eigenvalue weighted by Crippen LogP contribution is -2.46. The highest BCUT2D eigenvalue weighted by Gasteiger charge is 2.39. The van der Waals surface area contributed by atoms with E-state index in [-0.39, 0.29) is 30.8 Å². The fraction of sp³-hybridized carbons (Fsp3) is 0.419. The van der Waals surface area contributed by atoms with Crippen LogP contribution in [-0.4, -0.2) is 60.7 Å². The van der Waals surface area contributed by atoms with Crippen LogP contribution in [0.4, 0.5) is 5.69 Å². The maximum absolute atomic E-state index is 14.0. The molecule has 2 aliphatic heterocycles. The number of fused-ring (bicyclic) bond motifs is 1. The van der Waals surface area contributed by atoms with Crippen molar-refractivity contribution in [1.82, 2.24) is 9.29 Å². The van der Waals surface area contributed by atoms with E-state index in [2.05, 4.69) is 4.98 Å². The number of para-hydroxylation sites is 1. The Morgan fingerprint density at radius 2 is 1.80 bits per heavy atom. The third kappa shape index (κ3) is 5.50. The summed E-state index contributed by atoms with van der Waals surface area (Å²) in [7, 11) is -1.88. The van der Waals surface area contributed by atoms with Crippen molar-refractivity contribution in [3.8, 4) is 5.75 Å². The van der Waals surface area contributed by atoms with Gasteiger partial charge in [0.05, 0.1) is 18.5 Å². The number of anilines is 1. The van der Waals surface area contributed by atoms with E-state index in [0.717, 1.165) is 27.9 Å². The van der Waals surface area contributed by atoms with Crippen molar-refractivity contribution >= 4 is 21.6 Å². The van der Waals surface area contributed by atoms with Gasteiger partial charge in [0.1, 0.15) is 5.75 Å². The number of ether oxygens (including phenoxy) is 1. The van der Waals surface area contributed by atoms with Gasteiger partial charge in [-0.15, -0.1) is 0 Å². The zero-order valence-corrected chi connectivity index (χ0v) is 24.2. The first kappa shape index (κ1) is 28.3. The quantitative estimate of drug-likeness (QED) is 0.437. The molecular weight excluding hydrogens is 526 g/mol. The number of hydrogen-bond donors (Lipinski definition) is 1. The lowest BCUT2D eigenvalue weighted by atomic mass is 9.86. The normalized spacial score (nSPS) is 18.9. The van der Waals surface area contributed by atoms with Crippen LogP contribution in [0, 0.1) is 13.8 Å². The van der Waals surface area contributed by atoms with Crippen molar-refractivity contribution in [2.75, 3.05) is 30.9 Å². The summed E-state index contributed by atoms with van der Waals surface area (Å²) in [4.78, 5) is 19.9. The molecule has 1 aromatic heterocycles. The van der Waals surface area contributed by atoms with E-state index in [4.69, 9.17) is 4.74 Å². The molecule has 1 amide bonds. The number of nitrogens with zero attached hydrogens (tertiary/aromatic N) is 3.